The van der Waals surface area contributed by atoms with Gasteiger partial charge in [0, 0.05) is 30.8 Å². The standard InChI is InChI=1S/C28H27ClFNO4/c1-28(15-20-2-8-23(29)9-3-20)16-22-14-19(6-12-25(22)35-28)7-13-26(32)31(18-27(33)34)17-21-4-10-24(30)11-5-21/h2-6,8-12,14H,7,13,15-18H2,1H3,(H,33,34). The van der Waals surface area contributed by atoms with Crippen LogP contribution in [0.15, 0.2) is 66.7 Å². The van der Waals surface area contributed by atoms with Gasteiger partial charge in [0.1, 0.15) is 23.7 Å². The fourth-order valence-corrected chi connectivity index (χ4v) is 4.60. The topological polar surface area (TPSA) is 66.8 Å². The number of carboxylic acids is 1. The predicted octanol–water partition coefficient (Wildman–Crippen LogP) is 5.46. The quantitative estimate of drug-likeness (QED) is 0.428. The molecule has 0 aromatic heterocycles. The summed E-state index contributed by atoms with van der Waals surface area (Å²) in [6.07, 6.45) is 2.17. The summed E-state index contributed by atoms with van der Waals surface area (Å²) < 4.78 is 19.4. The SMILES string of the molecule is CC1(Cc2ccc(Cl)cc2)Cc2cc(CCC(=O)N(CC(=O)O)Cc3ccc(F)cc3)ccc2O1. The average Bonchev–Trinajstić information content (AvgIpc) is 3.14. The van der Waals surface area contributed by atoms with Crippen LogP contribution in [0.1, 0.15) is 35.6 Å². The highest BCUT2D eigenvalue weighted by molar-refractivity contribution is 6.30. The number of carbonyl (C=O) groups is 2. The Morgan fingerprint density at radius 2 is 1.69 bits per heavy atom. The van der Waals surface area contributed by atoms with E-state index in [1.54, 1.807) is 12.1 Å². The average molecular weight is 496 g/mol. The number of carbonyl (C=O) groups excluding carboxylic acids is 1. The number of amides is 1. The third kappa shape index (κ3) is 6.61. The second-order valence-corrected chi connectivity index (χ2v) is 9.68. The van der Waals surface area contributed by atoms with Gasteiger partial charge in [-0.1, -0.05) is 48.0 Å². The van der Waals surface area contributed by atoms with Gasteiger partial charge in [-0.05, 0) is 65.9 Å². The second-order valence-electron chi connectivity index (χ2n) is 9.24. The van der Waals surface area contributed by atoms with E-state index in [-0.39, 0.29) is 30.3 Å². The molecule has 1 N–H and O–H groups in total. The lowest BCUT2D eigenvalue weighted by molar-refractivity contribution is -0.144. The highest BCUT2D eigenvalue weighted by Crippen LogP contribution is 2.37. The van der Waals surface area contributed by atoms with Crippen LogP contribution in [0, 0.1) is 5.82 Å². The Morgan fingerprint density at radius 3 is 2.37 bits per heavy atom. The van der Waals surface area contributed by atoms with Crippen molar-refractivity contribution in [1.82, 2.24) is 4.90 Å². The molecule has 0 saturated heterocycles. The van der Waals surface area contributed by atoms with E-state index in [1.807, 2.05) is 36.4 Å². The normalized spacial score (nSPS) is 16.4. The van der Waals surface area contributed by atoms with Crippen molar-refractivity contribution >= 4 is 23.5 Å². The molecule has 0 radical (unpaired) electrons. The first kappa shape index (κ1) is 24.7. The maximum atomic E-state index is 13.2. The Morgan fingerprint density at radius 1 is 1.03 bits per heavy atom. The molecule has 0 saturated carbocycles. The molecule has 0 spiro atoms. The summed E-state index contributed by atoms with van der Waals surface area (Å²) in [5.41, 5.74) is 3.55. The molecule has 1 heterocycles. The zero-order valence-electron chi connectivity index (χ0n) is 19.5. The number of hydrogen-bond acceptors (Lipinski definition) is 3. The molecule has 1 atom stereocenters. The molecule has 3 aromatic rings. The van der Waals surface area contributed by atoms with Gasteiger partial charge < -0.3 is 14.7 Å². The summed E-state index contributed by atoms with van der Waals surface area (Å²) >= 11 is 5.99. The molecule has 0 aliphatic carbocycles. The molecule has 1 aliphatic rings. The highest BCUT2D eigenvalue weighted by atomic mass is 35.5. The number of aryl methyl sites for hydroxylation is 1. The van der Waals surface area contributed by atoms with Crippen LogP contribution in [-0.4, -0.2) is 34.0 Å². The molecule has 35 heavy (non-hydrogen) atoms. The first-order valence-corrected chi connectivity index (χ1v) is 11.9. The van der Waals surface area contributed by atoms with Crippen molar-refractivity contribution in [3.8, 4) is 5.75 Å². The lowest BCUT2D eigenvalue weighted by Crippen LogP contribution is -2.35. The molecule has 1 aliphatic heterocycles. The minimum absolute atomic E-state index is 0.118. The smallest absolute Gasteiger partial charge is 0.323 e. The monoisotopic (exact) mass is 495 g/mol. The summed E-state index contributed by atoms with van der Waals surface area (Å²) in [7, 11) is 0. The van der Waals surface area contributed by atoms with Crippen molar-refractivity contribution < 1.29 is 23.8 Å². The first-order valence-electron chi connectivity index (χ1n) is 11.5. The third-order valence-electron chi connectivity index (χ3n) is 6.13. The Labute approximate surface area is 209 Å². The highest BCUT2D eigenvalue weighted by Gasteiger charge is 2.35. The van der Waals surface area contributed by atoms with Gasteiger partial charge in [0.25, 0.3) is 0 Å². The Bertz CT molecular complexity index is 1210. The zero-order chi connectivity index (χ0) is 25.0. The van der Waals surface area contributed by atoms with Crippen molar-refractivity contribution in [2.24, 2.45) is 0 Å². The minimum Gasteiger partial charge on any atom is -0.487 e. The largest absolute Gasteiger partial charge is 0.487 e. The fourth-order valence-electron chi connectivity index (χ4n) is 4.48. The summed E-state index contributed by atoms with van der Waals surface area (Å²) in [6, 6.07) is 19.4. The van der Waals surface area contributed by atoms with Crippen LogP contribution in [0.2, 0.25) is 5.02 Å². The number of ether oxygens (including phenoxy) is 1. The van der Waals surface area contributed by atoms with E-state index in [0.29, 0.717) is 17.0 Å². The van der Waals surface area contributed by atoms with Crippen molar-refractivity contribution in [3.63, 3.8) is 0 Å². The number of halogens is 2. The molecule has 1 amide bonds. The van der Waals surface area contributed by atoms with Gasteiger partial charge in [0.2, 0.25) is 5.91 Å². The van der Waals surface area contributed by atoms with Crippen LogP contribution in [-0.2, 0) is 35.4 Å². The number of fused-ring (bicyclic) bond motifs is 1. The lowest BCUT2D eigenvalue weighted by Gasteiger charge is -2.24. The minimum atomic E-state index is -1.09. The van der Waals surface area contributed by atoms with E-state index in [9.17, 15) is 19.1 Å². The third-order valence-corrected chi connectivity index (χ3v) is 6.38. The van der Waals surface area contributed by atoms with E-state index in [0.717, 1.165) is 35.3 Å². The maximum Gasteiger partial charge on any atom is 0.323 e. The molecule has 7 heteroatoms. The predicted molar refractivity (Wildman–Crippen MR) is 132 cm³/mol. The van der Waals surface area contributed by atoms with Gasteiger partial charge in [0.15, 0.2) is 0 Å². The zero-order valence-corrected chi connectivity index (χ0v) is 20.2. The van der Waals surface area contributed by atoms with Crippen molar-refractivity contribution in [2.45, 2.75) is 44.8 Å². The van der Waals surface area contributed by atoms with Gasteiger partial charge in [0.05, 0.1) is 0 Å². The molecular weight excluding hydrogens is 469 g/mol. The van der Waals surface area contributed by atoms with Crippen LogP contribution in [0.4, 0.5) is 4.39 Å². The number of aliphatic carboxylic acids is 1. The van der Waals surface area contributed by atoms with Crippen molar-refractivity contribution in [3.05, 3.63) is 99.8 Å². The van der Waals surface area contributed by atoms with E-state index in [4.69, 9.17) is 16.3 Å². The van der Waals surface area contributed by atoms with E-state index < -0.39 is 12.5 Å². The summed E-state index contributed by atoms with van der Waals surface area (Å²) in [5, 5.41) is 9.94. The molecule has 0 bridgehead atoms. The van der Waals surface area contributed by atoms with E-state index >= 15 is 0 Å². The van der Waals surface area contributed by atoms with Crippen LogP contribution >= 0.6 is 11.6 Å². The molecule has 4 rings (SSSR count). The Balaban J connectivity index is 1.38. The number of benzene rings is 3. The fraction of sp³-hybridized carbons (Fsp3) is 0.286. The molecule has 5 nitrogen and oxygen atoms in total. The van der Waals surface area contributed by atoms with Gasteiger partial charge in [-0.15, -0.1) is 0 Å². The summed E-state index contributed by atoms with van der Waals surface area (Å²) in [4.78, 5) is 25.4. The Kier molecular flexibility index (Phi) is 7.41. The van der Waals surface area contributed by atoms with Gasteiger partial charge in [-0.2, -0.15) is 0 Å². The van der Waals surface area contributed by atoms with Crippen LogP contribution in [0.25, 0.3) is 0 Å². The number of nitrogens with zero attached hydrogens (tertiary/aromatic N) is 1. The molecule has 0 fully saturated rings. The van der Waals surface area contributed by atoms with E-state index in [2.05, 4.69) is 13.0 Å². The molecule has 182 valence electrons. The van der Waals surface area contributed by atoms with E-state index in [1.165, 1.54) is 17.0 Å². The summed E-state index contributed by atoms with van der Waals surface area (Å²) in [5.74, 6) is -0.883. The van der Waals surface area contributed by atoms with Crippen molar-refractivity contribution in [1.29, 1.82) is 0 Å². The molecular formula is C28H27ClFNO4. The maximum absolute atomic E-state index is 13.2. The molecule has 3 aromatic carbocycles. The van der Waals surface area contributed by atoms with Crippen LogP contribution < -0.4 is 4.74 Å². The number of hydrogen-bond donors (Lipinski definition) is 1. The van der Waals surface area contributed by atoms with Gasteiger partial charge in [-0.3, -0.25) is 9.59 Å². The van der Waals surface area contributed by atoms with Crippen LogP contribution in [0.3, 0.4) is 0 Å². The van der Waals surface area contributed by atoms with Crippen molar-refractivity contribution in [2.75, 3.05) is 6.54 Å². The van der Waals surface area contributed by atoms with Gasteiger partial charge in [-0.25, -0.2) is 4.39 Å². The second kappa shape index (κ2) is 10.5. The Hall–Kier alpha value is -3.38. The van der Waals surface area contributed by atoms with Crippen LogP contribution in [0.5, 0.6) is 5.75 Å². The molecule has 1 unspecified atom stereocenters. The number of rotatable bonds is 9. The lowest BCUT2D eigenvalue weighted by atomic mass is 9.91. The number of carboxylic acid groups (broad SMARTS) is 1. The van der Waals surface area contributed by atoms with Gasteiger partial charge >= 0.3 is 5.97 Å². The first-order chi connectivity index (χ1) is 16.7. The summed E-state index contributed by atoms with van der Waals surface area (Å²) in [6.45, 7) is 1.80.